The number of carbonyl (C=O) groups excluding carboxylic acids is 1. The van der Waals surface area contributed by atoms with E-state index < -0.39 is 6.03 Å². The summed E-state index contributed by atoms with van der Waals surface area (Å²) in [6, 6.07) is 4.76. The van der Waals surface area contributed by atoms with E-state index >= 15 is 0 Å². The molecule has 2 aromatic heterocycles. The minimum absolute atomic E-state index is 0.210. The zero-order valence-corrected chi connectivity index (χ0v) is 15.0. The number of methoxy groups -OCH3 is 1. The van der Waals surface area contributed by atoms with Crippen molar-refractivity contribution in [1.29, 1.82) is 0 Å². The van der Waals surface area contributed by atoms with E-state index in [1.54, 1.807) is 45.6 Å². The molecule has 0 unspecified atom stereocenters. The number of aromatic nitrogens is 2. The summed E-state index contributed by atoms with van der Waals surface area (Å²) in [5.41, 5.74) is 1.59. The number of carbonyl (C=O) groups is 1. The minimum Gasteiger partial charge on any atom is -0.481 e. The monoisotopic (exact) mass is 358 g/mol. The third kappa shape index (κ3) is 3.70. The number of nitrogens with one attached hydrogen (secondary N) is 2. The normalized spacial score (nSPS) is 19.2. The van der Waals surface area contributed by atoms with E-state index in [9.17, 15) is 9.59 Å². The molecule has 1 aliphatic heterocycles. The third-order valence-corrected chi connectivity index (χ3v) is 4.42. The Morgan fingerprint density at radius 3 is 2.88 bits per heavy atom. The van der Waals surface area contributed by atoms with E-state index in [1.807, 2.05) is 6.07 Å². The van der Waals surface area contributed by atoms with Gasteiger partial charge in [-0.05, 0) is 31.0 Å². The van der Waals surface area contributed by atoms with Crippen LogP contribution in [0, 0.1) is 6.92 Å². The Bertz CT molecular complexity index is 847. The number of urea groups is 1. The van der Waals surface area contributed by atoms with E-state index in [0.717, 1.165) is 5.56 Å². The number of ether oxygens (including phenoxy) is 2. The predicted octanol–water partition coefficient (Wildman–Crippen LogP) is 1.75. The fraction of sp³-hybridized carbons (Fsp3) is 0.389. The van der Waals surface area contributed by atoms with E-state index in [2.05, 4.69) is 15.6 Å². The number of rotatable bonds is 4. The summed E-state index contributed by atoms with van der Waals surface area (Å²) in [6.07, 6.45) is 3.73. The fourth-order valence-corrected chi connectivity index (χ4v) is 2.94. The van der Waals surface area contributed by atoms with Gasteiger partial charge >= 0.3 is 6.03 Å². The lowest BCUT2D eigenvalue weighted by Gasteiger charge is -2.20. The highest BCUT2D eigenvalue weighted by Crippen LogP contribution is 2.29. The van der Waals surface area contributed by atoms with Gasteiger partial charge in [0.25, 0.3) is 5.56 Å². The largest absolute Gasteiger partial charge is 0.481 e. The maximum atomic E-state index is 12.4. The summed E-state index contributed by atoms with van der Waals surface area (Å²) in [5.74, 6) is 0.518. The van der Waals surface area contributed by atoms with Crippen LogP contribution in [-0.4, -0.2) is 35.3 Å². The van der Waals surface area contributed by atoms with Crippen molar-refractivity contribution in [3.05, 3.63) is 52.1 Å². The molecule has 0 spiro atoms. The Kier molecular flexibility index (Phi) is 5.22. The van der Waals surface area contributed by atoms with Crippen molar-refractivity contribution in [3.63, 3.8) is 0 Å². The average molecular weight is 358 g/mol. The van der Waals surface area contributed by atoms with Crippen molar-refractivity contribution in [3.8, 4) is 5.88 Å². The minimum atomic E-state index is -0.432. The van der Waals surface area contributed by atoms with Crippen molar-refractivity contribution in [2.75, 3.05) is 19.0 Å². The number of anilines is 1. The Hall–Kier alpha value is -2.87. The summed E-state index contributed by atoms with van der Waals surface area (Å²) in [5, 5.41) is 5.56. The molecule has 26 heavy (non-hydrogen) atoms. The molecule has 1 fully saturated rings. The summed E-state index contributed by atoms with van der Waals surface area (Å²) in [6.45, 7) is 2.31. The number of hydrogen-bond acceptors (Lipinski definition) is 5. The van der Waals surface area contributed by atoms with Crippen LogP contribution >= 0.6 is 0 Å². The van der Waals surface area contributed by atoms with Crippen LogP contribution in [0.1, 0.15) is 23.7 Å². The molecule has 8 nitrogen and oxygen atoms in total. The standard InChI is InChI=1S/C18H22N4O4/c1-11-6-8-22(2)17(23)15(11)21-18(24)20-13-7-9-26-16(13)12-4-5-14(25-3)19-10-12/h4-6,8,10,13,16H,7,9H2,1-3H3,(H2,20,21,24)/t13-,16+/m1/s1. The van der Waals surface area contributed by atoms with Gasteiger partial charge in [-0.25, -0.2) is 9.78 Å². The lowest BCUT2D eigenvalue weighted by molar-refractivity contribution is 0.100. The third-order valence-electron chi connectivity index (χ3n) is 4.42. The van der Waals surface area contributed by atoms with Crippen LogP contribution in [0.4, 0.5) is 10.5 Å². The topological polar surface area (TPSA) is 94.5 Å². The number of hydrogen-bond donors (Lipinski definition) is 2. The molecular weight excluding hydrogens is 336 g/mol. The first-order valence-corrected chi connectivity index (χ1v) is 8.35. The number of nitrogens with zero attached hydrogens (tertiary/aromatic N) is 2. The predicted molar refractivity (Wildman–Crippen MR) is 96.5 cm³/mol. The fourth-order valence-electron chi connectivity index (χ4n) is 2.94. The molecule has 0 saturated carbocycles. The summed E-state index contributed by atoms with van der Waals surface area (Å²) in [4.78, 5) is 28.8. The maximum absolute atomic E-state index is 12.4. The van der Waals surface area contributed by atoms with Crippen molar-refractivity contribution in [1.82, 2.24) is 14.9 Å². The first-order chi connectivity index (χ1) is 12.5. The highest BCUT2D eigenvalue weighted by Gasteiger charge is 2.31. The van der Waals surface area contributed by atoms with Crippen LogP contribution in [0.15, 0.2) is 35.4 Å². The zero-order valence-electron chi connectivity index (χ0n) is 15.0. The molecule has 3 rings (SSSR count). The maximum Gasteiger partial charge on any atom is 0.319 e. The van der Waals surface area contributed by atoms with Gasteiger partial charge in [0.2, 0.25) is 5.88 Å². The molecule has 0 radical (unpaired) electrons. The van der Waals surface area contributed by atoms with Crippen molar-refractivity contribution in [2.24, 2.45) is 7.05 Å². The lowest BCUT2D eigenvalue weighted by Crippen LogP contribution is -2.41. The van der Waals surface area contributed by atoms with Crippen LogP contribution in [0.2, 0.25) is 0 Å². The van der Waals surface area contributed by atoms with Gasteiger partial charge in [0.05, 0.1) is 13.2 Å². The van der Waals surface area contributed by atoms with Crippen molar-refractivity contribution >= 4 is 11.7 Å². The molecule has 2 atom stereocenters. The van der Waals surface area contributed by atoms with Crippen LogP contribution in [0.5, 0.6) is 5.88 Å². The molecule has 2 amide bonds. The number of aryl methyl sites for hydroxylation is 2. The molecule has 3 heterocycles. The van der Waals surface area contributed by atoms with Gasteiger partial charge in [0, 0.05) is 37.7 Å². The van der Waals surface area contributed by atoms with Gasteiger partial charge in [-0.3, -0.25) is 4.79 Å². The van der Waals surface area contributed by atoms with Crippen LogP contribution in [-0.2, 0) is 11.8 Å². The molecule has 1 saturated heterocycles. The Labute approximate surface area is 151 Å². The lowest BCUT2D eigenvalue weighted by atomic mass is 10.0. The zero-order chi connectivity index (χ0) is 18.7. The number of amides is 2. The van der Waals surface area contributed by atoms with E-state index in [-0.39, 0.29) is 23.4 Å². The second-order valence-electron chi connectivity index (χ2n) is 6.21. The molecule has 138 valence electrons. The quantitative estimate of drug-likeness (QED) is 0.868. The molecular formula is C18H22N4O4. The van der Waals surface area contributed by atoms with Crippen LogP contribution in [0.3, 0.4) is 0 Å². The SMILES string of the molecule is COc1ccc([C@@H]2OCC[C@H]2NC(=O)Nc2c(C)ccn(C)c2=O)cn1. The first-order valence-electron chi connectivity index (χ1n) is 8.35. The van der Waals surface area contributed by atoms with Gasteiger partial charge in [-0.15, -0.1) is 0 Å². The van der Waals surface area contributed by atoms with Gasteiger partial charge in [0.1, 0.15) is 11.8 Å². The summed E-state index contributed by atoms with van der Waals surface area (Å²) < 4.78 is 12.2. The Morgan fingerprint density at radius 1 is 1.38 bits per heavy atom. The van der Waals surface area contributed by atoms with Crippen LogP contribution < -0.4 is 20.9 Å². The molecule has 0 aromatic carbocycles. The average Bonchev–Trinajstić information content (AvgIpc) is 3.10. The first kappa shape index (κ1) is 17.9. The van der Waals surface area contributed by atoms with Gasteiger partial charge in [-0.2, -0.15) is 0 Å². The van der Waals surface area contributed by atoms with Crippen LogP contribution in [0.25, 0.3) is 0 Å². The highest BCUT2D eigenvalue weighted by atomic mass is 16.5. The Morgan fingerprint density at radius 2 is 2.19 bits per heavy atom. The van der Waals surface area contributed by atoms with Gasteiger partial charge in [-0.1, -0.05) is 0 Å². The Balaban J connectivity index is 1.70. The van der Waals surface area contributed by atoms with Gasteiger partial charge < -0.3 is 24.7 Å². The summed E-state index contributed by atoms with van der Waals surface area (Å²) in [7, 11) is 3.20. The van der Waals surface area contributed by atoms with E-state index in [1.165, 1.54) is 4.57 Å². The second-order valence-corrected chi connectivity index (χ2v) is 6.21. The summed E-state index contributed by atoms with van der Waals surface area (Å²) >= 11 is 0. The molecule has 2 aromatic rings. The van der Waals surface area contributed by atoms with Crippen molar-refractivity contribution < 1.29 is 14.3 Å². The molecule has 0 aliphatic carbocycles. The highest BCUT2D eigenvalue weighted by molar-refractivity contribution is 5.90. The molecule has 2 N–H and O–H groups in total. The molecule has 0 bridgehead atoms. The molecule has 1 aliphatic rings. The second kappa shape index (κ2) is 7.57. The number of pyridine rings is 2. The van der Waals surface area contributed by atoms with Gasteiger partial charge in [0.15, 0.2) is 0 Å². The smallest absolute Gasteiger partial charge is 0.319 e. The van der Waals surface area contributed by atoms with E-state index in [0.29, 0.717) is 24.5 Å². The molecule has 8 heteroatoms. The van der Waals surface area contributed by atoms with Crippen molar-refractivity contribution in [2.45, 2.75) is 25.5 Å². The van der Waals surface area contributed by atoms with E-state index in [4.69, 9.17) is 9.47 Å².